The molecule has 1 amide bonds. The van der Waals surface area contributed by atoms with Crippen molar-refractivity contribution in [1.29, 1.82) is 0 Å². The Balaban J connectivity index is -0.000000206. The number of alkyl halides is 1. The first-order valence-corrected chi connectivity index (χ1v) is 11.2. The van der Waals surface area contributed by atoms with E-state index in [0.29, 0.717) is 11.5 Å². The Bertz CT molecular complexity index is 525. The van der Waals surface area contributed by atoms with Crippen LogP contribution in [-0.4, -0.2) is 42.7 Å². The number of allylic oxidation sites excluding steroid dienone is 3. The summed E-state index contributed by atoms with van der Waals surface area (Å²) in [7, 11) is 1.31. The first-order valence-electron chi connectivity index (χ1n) is 10.8. The van der Waals surface area contributed by atoms with Gasteiger partial charge in [0.1, 0.15) is 18.0 Å². The highest BCUT2D eigenvalue weighted by Gasteiger charge is 2.23. The molecule has 0 saturated carbocycles. The number of halogens is 2. The molecule has 2 atom stereocenters. The Morgan fingerprint density at radius 2 is 1.68 bits per heavy atom. The number of amides is 1. The maximum Gasteiger partial charge on any atom is 0.328 e. The predicted octanol–water partition coefficient (Wildman–Crippen LogP) is 5.84. The second-order valence-electron chi connectivity index (χ2n) is 5.98. The molecule has 0 radical (unpaired) electrons. The molecular weight excluding hydrogens is 422 g/mol. The number of rotatable bonds is 9. The molecule has 8 heteroatoms. The zero-order valence-electron chi connectivity index (χ0n) is 21.0. The largest absolute Gasteiger partial charge is 0.467 e. The highest BCUT2D eigenvalue weighted by Crippen LogP contribution is 2.07. The number of nitrogens with one attached hydrogen (secondary N) is 2. The summed E-state index contributed by atoms with van der Waals surface area (Å²) >= 11 is 4.90. The van der Waals surface area contributed by atoms with Crippen molar-refractivity contribution in [2.75, 3.05) is 13.7 Å². The summed E-state index contributed by atoms with van der Waals surface area (Å²) < 4.78 is 30.4. The van der Waals surface area contributed by atoms with Crippen LogP contribution in [0.5, 0.6) is 0 Å². The fourth-order valence-corrected chi connectivity index (χ4v) is 1.89. The van der Waals surface area contributed by atoms with Gasteiger partial charge in [-0.25, -0.2) is 13.6 Å². The molecule has 0 bridgehead atoms. The van der Waals surface area contributed by atoms with Crippen LogP contribution in [0.25, 0.3) is 0 Å². The topological polar surface area (TPSA) is 67.4 Å². The molecule has 0 aliphatic heterocycles. The molecule has 31 heavy (non-hydrogen) atoms. The van der Waals surface area contributed by atoms with Gasteiger partial charge in [-0.05, 0) is 25.3 Å². The van der Waals surface area contributed by atoms with Gasteiger partial charge < -0.3 is 15.4 Å². The summed E-state index contributed by atoms with van der Waals surface area (Å²) in [5.74, 6) is -1.03. The van der Waals surface area contributed by atoms with E-state index in [1.54, 1.807) is 13.0 Å². The van der Waals surface area contributed by atoms with E-state index in [1.807, 2.05) is 48.5 Å². The average Bonchev–Trinajstić information content (AvgIpc) is 2.74. The minimum Gasteiger partial charge on any atom is -0.467 e. The minimum atomic E-state index is -1.34. The minimum absolute atomic E-state index is 0.0429. The number of ether oxygens (including phenoxy) is 1. The normalized spacial score (nSPS) is 12.1. The molecule has 184 valence electrons. The summed E-state index contributed by atoms with van der Waals surface area (Å²) in [4.78, 5) is 22.4. The van der Waals surface area contributed by atoms with Gasteiger partial charge in [0.25, 0.3) is 0 Å². The van der Waals surface area contributed by atoms with E-state index in [9.17, 15) is 18.4 Å². The highest BCUT2D eigenvalue weighted by atomic mass is 32.1. The number of carbonyl (C=O) groups is 2. The molecule has 0 aliphatic rings. The van der Waals surface area contributed by atoms with Crippen LogP contribution in [0.1, 0.15) is 75.2 Å². The van der Waals surface area contributed by atoms with Crippen LogP contribution in [-0.2, 0) is 14.3 Å². The molecule has 2 unspecified atom stereocenters. The van der Waals surface area contributed by atoms with Gasteiger partial charge in [0.05, 0.1) is 12.1 Å². The monoisotopic (exact) mass is 466 g/mol. The van der Waals surface area contributed by atoms with E-state index in [1.165, 1.54) is 20.1 Å². The zero-order valence-corrected chi connectivity index (χ0v) is 21.8. The molecule has 0 fully saturated rings. The third-order valence-corrected chi connectivity index (χ3v) is 3.64. The Morgan fingerprint density at radius 1 is 1.16 bits per heavy atom. The van der Waals surface area contributed by atoms with Crippen LogP contribution >= 0.6 is 12.2 Å². The quantitative estimate of drug-likeness (QED) is 0.254. The molecule has 0 saturated heterocycles. The van der Waals surface area contributed by atoms with E-state index in [-0.39, 0.29) is 18.2 Å². The maximum absolute atomic E-state index is 13.0. The van der Waals surface area contributed by atoms with Gasteiger partial charge in [-0.2, -0.15) is 0 Å². The van der Waals surface area contributed by atoms with E-state index in [2.05, 4.69) is 15.4 Å². The molecule has 2 N–H and O–H groups in total. The van der Waals surface area contributed by atoms with Crippen LogP contribution in [0.4, 0.5) is 8.78 Å². The van der Waals surface area contributed by atoms with Crippen molar-refractivity contribution >= 4 is 29.1 Å². The van der Waals surface area contributed by atoms with Crippen molar-refractivity contribution in [2.45, 2.75) is 87.4 Å². The molecule has 0 heterocycles. The molecular formula is C23H44F2N2O3S. The molecule has 0 aromatic rings. The predicted molar refractivity (Wildman–Crippen MR) is 132 cm³/mol. The number of hydrogen-bond donors (Lipinski definition) is 2. The van der Waals surface area contributed by atoms with Crippen molar-refractivity contribution in [2.24, 2.45) is 5.92 Å². The van der Waals surface area contributed by atoms with Crippen molar-refractivity contribution < 1.29 is 23.1 Å². The molecule has 0 rings (SSSR count). The molecule has 0 aliphatic carbocycles. The number of esters is 1. The number of hydrogen-bond acceptors (Lipinski definition) is 4. The summed E-state index contributed by atoms with van der Waals surface area (Å²) in [5.41, 5.74) is 0. The second kappa shape index (κ2) is 26.2. The third-order valence-electron chi connectivity index (χ3n) is 3.20. The van der Waals surface area contributed by atoms with Gasteiger partial charge in [0.2, 0.25) is 5.91 Å². The lowest BCUT2D eigenvalue weighted by molar-refractivity contribution is -0.146. The molecule has 0 spiro atoms. The smallest absolute Gasteiger partial charge is 0.328 e. The maximum atomic E-state index is 13.0. The second-order valence-corrected chi connectivity index (χ2v) is 6.48. The highest BCUT2D eigenvalue weighted by molar-refractivity contribution is 7.80. The first-order chi connectivity index (χ1) is 14.6. The Hall–Kier alpha value is -1.83. The van der Waals surface area contributed by atoms with Gasteiger partial charge in [-0.3, -0.25) is 4.79 Å². The lowest BCUT2D eigenvalue weighted by Crippen LogP contribution is -2.44. The molecule has 0 aromatic carbocycles. The van der Waals surface area contributed by atoms with Crippen LogP contribution < -0.4 is 10.6 Å². The summed E-state index contributed by atoms with van der Waals surface area (Å²) in [6.07, 6.45) is 3.38. The Labute approximate surface area is 194 Å². The summed E-state index contributed by atoms with van der Waals surface area (Å²) in [6.45, 7) is 17.1. The Kier molecular flexibility index (Phi) is 30.9. The van der Waals surface area contributed by atoms with E-state index in [4.69, 9.17) is 12.2 Å². The van der Waals surface area contributed by atoms with Crippen molar-refractivity contribution in [3.8, 4) is 0 Å². The van der Waals surface area contributed by atoms with Gasteiger partial charge in [-0.1, -0.05) is 72.8 Å². The standard InChI is InChI=1S/C11H17F2NS.C8H15NO3.2C2H6/c1-3-5-9(12)8-10(13)6-7-14-11(15)4-2;1-5(2)7(8(11)12-4)9-6(3)10;2*1-2/h3,5,8-9H,4,6-7H2,1-2H3,(H,14,15);5,7H,1-4H3,(H,9,10);2*1-2H3/b5-3-,10-8?;;;. The van der Waals surface area contributed by atoms with E-state index < -0.39 is 24.0 Å². The van der Waals surface area contributed by atoms with E-state index in [0.717, 1.165) is 12.5 Å². The van der Waals surface area contributed by atoms with Crippen molar-refractivity contribution in [3.63, 3.8) is 0 Å². The van der Waals surface area contributed by atoms with Crippen molar-refractivity contribution in [1.82, 2.24) is 10.6 Å². The van der Waals surface area contributed by atoms with Crippen LogP contribution in [0, 0.1) is 5.92 Å². The average molecular weight is 467 g/mol. The summed E-state index contributed by atoms with van der Waals surface area (Å²) in [6, 6.07) is -0.535. The SMILES string of the molecule is C/C=C\C(F)C=C(F)CCNC(=S)CC.CC.CC.COC(=O)C(NC(C)=O)C(C)C. The van der Waals surface area contributed by atoms with Gasteiger partial charge in [0.15, 0.2) is 0 Å². The van der Waals surface area contributed by atoms with Crippen LogP contribution in [0.15, 0.2) is 24.1 Å². The van der Waals surface area contributed by atoms with Crippen LogP contribution in [0.3, 0.4) is 0 Å². The van der Waals surface area contributed by atoms with E-state index >= 15 is 0 Å². The first kappa shape index (κ1) is 36.5. The van der Waals surface area contributed by atoms with Crippen LogP contribution in [0.2, 0.25) is 0 Å². The molecule has 5 nitrogen and oxygen atoms in total. The molecule has 0 aromatic heterocycles. The Morgan fingerprint density at radius 3 is 2.03 bits per heavy atom. The number of thiocarbonyl (C=S) groups is 1. The lowest BCUT2D eigenvalue weighted by atomic mass is 10.1. The van der Waals surface area contributed by atoms with Gasteiger partial charge in [0, 0.05) is 19.9 Å². The fraction of sp³-hybridized carbons (Fsp3) is 0.696. The van der Waals surface area contributed by atoms with Gasteiger partial charge >= 0.3 is 5.97 Å². The third kappa shape index (κ3) is 26.1. The number of methoxy groups -OCH3 is 1. The summed E-state index contributed by atoms with van der Waals surface area (Å²) in [5, 5.41) is 5.40. The van der Waals surface area contributed by atoms with Crippen molar-refractivity contribution in [3.05, 3.63) is 24.1 Å². The number of carbonyl (C=O) groups excluding carboxylic acids is 2. The zero-order chi connectivity index (χ0) is 25.4. The lowest BCUT2D eigenvalue weighted by Gasteiger charge is -2.18. The fourth-order valence-electron chi connectivity index (χ4n) is 1.79. The van der Waals surface area contributed by atoms with Gasteiger partial charge in [-0.15, -0.1) is 0 Å².